The highest BCUT2D eigenvalue weighted by Crippen LogP contribution is 1.53. The highest BCUT2D eigenvalue weighted by atomic mass is 35.5. The van der Waals surface area contributed by atoms with E-state index in [0.717, 1.165) is 0 Å². The molecule has 0 heterocycles. The van der Waals surface area contributed by atoms with Crippen LogP contribution in [0.15, 0.2) is 0 Å². The molecule has 1 nitrogen and oxygen atoms in total. The fraction of sp³-hybridized carbons (Fsp3) is 1.00. The average molecular weight is 112 g/mol. The van der Waals surface area contributed by atoms with E-state index in [1.165, 1.54) is 0 Å². The topological polar surface area (TPSA) is 26.0 Å². The maximum Gasteiger partial charge on any atom is 0.0995 e. The summed E-state index contributed by atoms with van der Waals surface area (Å²) < 4.78 is 0. The molecule has 0 aliphatic carbocycles. The standard InChI is InChI=1S/C2H9NSi.ClH/c1-4(2)3;/h4H,3H2,1-2H3;1H. The minimum Gasteiger partial charge on any atom is -0.353 e. The third kappa shape index (κ3) is 125. The Hall–Kier alpha value is 0.467. The lowest BCUT2D eigenvalue weighted by molar-refractivity contribution is 1.74. The predicted molar refractivity (Wildman–Crippen MR) is 30.3 cm³/mol. The molecule has 2 N–H and O–H groups in total. The van der Waals surface area contributed by atoms with E-state index in [1.807, 2.05) is 0 Å². The molecule has 0 aromatic carbocycles. The quantitative estimate of drug-likeness (QED) is 0.449. The minimum absolute atomic E-state index is 0. The van der Waals surface area contributed by atoms with Gasteiger partial charge in [-0.15, -0.1) is 12.4 Å². The van der Waals surface area contributed by atoms with Crippen LogP contribution in [0.25, 0.3) is 0 Å². The summed E-state index contributed by atoms with van der Waals surface area (Å²) in [5, 5.41) is 5.25. The summed E-state index contributed by atoms with van der Waals surface area (Å²) in [4.78, 5) is 0. The fourth-order valence-corrected chi connectivity index (χ4v) is 0. The molecule has 0 spiro atoms. The smallest absolute Gasteiger partial charge is 0.0995 e. The second kappa shape index (κ2) is 4.47. The van der Waals surface area contributed by atoms with Gasteiger partial charge in [0.15, 0.2) is 0 Å². The summed E-state index contributed by atoms with van der Waals surface area (Å²) in [6, 6.07) is 0. The molecule has 0 aromatic heterocycles. The molecule has 5 heavy (non-hydrogen) atoms. The minimum atomic E-state index is -0.639. The summed E-state index contributed by atoms with van der Waals surface area (Å²) in [5.41, 5.74) is 0. The van der Waals surface area contributed by atoms with Crippen LogP contribution in [0.2, 0.25) is 13.1 Å². The first kappa shape index (κ1) is 9.08. The molecule has 0 fully saturated rings. The van der Waals surface area contributed by atoms with Gasteiger partial charge in [-0.2, -0.15) is 0 Å². The third-order valence-electron chi connectivity index (χ3n) is 0. The summed E-state index contributed by atoms with van der Waals surface area (Å²) >= 11 is 0. The summed E-state index contributed by atoms with van der Waals surface area (Å²) in [6.45, 7) is 4.17. The molecular weight excluding hydrogens is 102 g/mol. The molecule has 0 saturated heterocycles. The van der Waals surface area contributed by atoms with E-state index in [0.29, 0.717) is 0 Å². The first-order chi connectivity index (χ1) is 1.73. The summed E-state index contributed by atoms with van der Waals surface area (Å²) in [5.74, 6) is 0. The SMILES string of the molecule is C[SiH](C)N.Cl. The van der Waals surface area contributed by atoms with E-state index < -0.39 is 8.96 Å². The van der Waals surface area contributed by atoms with Crippen molar-refractivity contribution in [1.82, 2.24) is 0 Å². The lowest BCUT2D eigenvalue weighted by atomic mass is 11.9. The zero-order chi connectivity index (χ0) is 3.58. The van der Waals surface area contributed by atoms with Gasteiger partial charge in [0.1, 0.15) is 0 Å². The second-order valence-corrected chi connectivity index (χ2v) is 3.73. The molecule has 0 saturated carbocycles. The van der Waals surface area contributed by atoms with E-state index >= 15 is 0 Å². The lowest BCUT2D eigenvalue weighted by Gasteiger charge is -1.77. The monoisotopic (exact) mass is 111 g/mol. The van der Waals surface area contributed by atoms with Gasteiger partial charge in [-0.05, 0) is 0 Å². The number of halogens is 1. The number of hydrogen-bond donors (Lipinski definition) is 1. The maximum atomic E-state index is 5.25. The molecule has 34 valence electrons. The molecule has 0 bridgehead atoms. The van der Waals surface area contributed by atoms with Crippen LogP contribution in [0.3, 0.4) is 0 Å². The summed E-state index contributed by atoms with van der Waals surface area (Å²) in [6.07, 6.45) is 0. The molecule has 0 rings (SSSR count). The number of nitrogens with two attached hydrogens (primary N) is 1. The van der Waals surface area contributed by atoms with Crippen molar-refractivity contribution in [2.75, 3.05) is 0 Å². The Kier molecular flexibility index (Phi) is 8.11. The highest BCUT2D eigenvalue weighted by molar-refractivity contribution is 6.51. The first-order valence-electron chi connectivity index (χ1n) is 1.49. The lowest BCUT2D eigenvalue weighted by Crippen LogP contribution is -2.13. The second-order valence-electron chi connectivity index (χ2n) is 1.24. The molecule has 0 radical (unpaired) electrons. The van der Waals surface area contributed by atoms with Gasteiger partial charge in [-0.1, -0.05) is 13.1 Å². The van der Waals surface area contributed by atoms with Crippen molar-refractivity contribution in [3.8, 4) is 0 Å². The highest BCUT2D eigenvalue weighted by Gasteiger charge is 1.71. The van der Waals surface area contributed by atoms with E-state index in [2.05, 4.69) is 13.1 Å². The Morgan fingerprint density at radius 2 is 1.40 bits per heavy atom. The van der Waals surface area contributed by atoms with Crippen molar-refractivity contribution in [3.05, 3.63) is 0 Å². The van der Waals surface area contributed by atoms with Crippen molar-refractivity contribution >= 4 is 21.4 Å². The molecule has 0 aromatic rings. The van der Waals surface area contributed by atoms with Gasteiger partial charge in [0, 0.05) is 0 Å². The Balaban J connectivity index is 0. The molecule has 0 amide bonds. The Morgan fingerprint density at radius 3 is 1.40 bits per heavy atom. The van der Waals surface area contributed by atoms with Gasteiger partial charge in [0.25, 0.3) is 0 Å². The van der Waals surface area contributed by atoms with Crippen LogP contribution in [0, 0.1) is 0 Å². The van der Waals surface area contributed by atoms with Crippen LogP contribution in [-0.4, -0.2) is 8.96 Å². The van der Waals surface area contributed by atoms with E-state index in [-0.39, 0.29) is 12.4 Å². The number of hydrogen-bond acceptors (Lipinski definition) is 1. The Morgan fingerprint density at radius 1 is 1.40 bits per heavy atom. The normalized spacial score (nSPS) is 7.20. The van der Waals surface area contributed by atoms with E-state index in [4.69, 9.17) is 5.40 Å². The Bertz CT molecular complexity index is 14.4. The van der Waals surface area contributed by atoms with Crippen LogP contribution in [-0.2, 0) is 0 Å². The van der Waals surface area contributed by atoms with Crippen LogP contribution < -0.4 is 5.40 Å². The maximum absolute atomic E-state index is 5.25. The van der Waals surface area contributed by atoms with Gasteiger partial charge < -0.3 is 5.40 Å². The molecule has 3 heteroatoms. The third-order valence-corrected chi connectivity index (χ3v) is 0. The molecule has 0 aliphatic heterocycles. The molecule has 0 atom stereocenters. The predicted octanol–water partition coefficient (Wildman–Crippen LogP) is 0.350. The van der Waals surface area contributed by atoms with Crippen molar-refractivity contribution in [2.24, 2.45) is 5.40 Å². The Labute approximate surface area is 40.7 Å². The van der Waals surface area contributed by atoms with Crippen LogP contribution in [0.4, 0.5) is 0 Å². The van der Waals surface area contributed by atoms with Crippen LogP contribution in [0.5, 0.6) is 0 Å². The zero-order valence-corrected chi connectivity index (χ0v) is 5.53. The molecular formula is C2H10ClNSi. The van der Waals surface area contributed by atoms with E-state index in [1.54, 1.807) is 0 Å². The summed E-state index contributed by atoms with van der Waals surface area (Å²) in [7, 11) is -0.639. The van der Waals surface area contributed by atoms with E-state index in [9.17, 15) is 0 Å². The largest absolute Gasteiger partial charge is 0.353 e. The van der Waals surface area contributed by atoms with Crippen molar-refractivity contribution in [1.29, 1.82) is 0 Å². The zero-order valence-electron chi connectivity index (χ0n) is 3.56. The van der Waals surface area contributed by atoms with Crippen LogP contribution in [0.1, 0.15) is 0 Å². The van der Waals surface area contributed by atoms with Gasteiger partial charge in [-0.3, -0.25) is 0 Å². The van der Waals surface area contributed by atoms with Gasteiger partial charge in [0.2, 0.25) is 0 Å². The average Bonchev–Trinajstić information content (AvgIpc) is 0.811. The van der Waals surface area contributed by atoms with Gasteiger partial charge >= 0.3 is 0 Å². The van der Waals surface area contributed by atoms with Crippen LogP contribution >= 0.6 is 12.4 Å². The molecule has 0 aliphatic rings. The fourth-order valence-electron chi connectivity index (χ4n) is 0. The number of rotatable bonds is 0. The van der Waals surface area contributed by atoms with Gasteiger partial charge in [0.05, 0.1) is 8.96 Å². The van der Waals surface area contributed by atoms with Gasteiger partial charge in [-0.25, -0.2) is 0 Å². The van der Waals surface area contributed by atoms with Crippen molar-refractivity contribution < 1.29 is 0 Å². The van der Waals surface area contributed by atoms with Crippen molar-refractivity contribution in [2.45, 2.75) is 13.1 Å². The molecule has 0 unspecified atom stereocenters. The van der Waals surface area contributed by atoms with Crippen molar-refractivity contribution in [3.63, 3.8) is 0 Å². The first-order valence-corrected chi connectivity index (χ1v) is 4.46.